The van der Waals surface area contributed by atoms with E-state index >= 15 is 0 Å². The fourth-order valence-electron chi connectivity index (χ4n) is 2.23. The van der Waals surface area contributed by atoms with Gasteiger partial charge in [0, 0.05) is 12.4 Å². The van der Waals surface area contributed by atoms with Gasteiger partial charge in [-0.2, -0.15) is 0 Å². The summed E-state index contributed by atoms with van der Waals surface area (Å²) in [6.45, 7) is 4.23. The lowest BCUT2D eigenvalue weighted by atomic mass is 9.95. The number of nitrogens with two attached hydrogens (primary N) is 1. The van der Waals surface area contributed by atoms with Crippen molar-refractivity contribution < 1.29 is 0 Å². The summed E-state index contributed by atoms with van der Waals surface area (Å²) in [4.78, 5) is 4.03. The van der Waals surface area contributed by atoms with E-state index < -0.39 is 0 Å². The second kappa shape index (κ2) is 5.76. The maximum Gasteiger partial charge on any atom is 0.0502 e. The first kappa shape index (κ1) is 12.7. The van der Waals surface area contributed by atoms with Gasteiger partial charge in [-0.1, -0.05) is 23.8 Å². The minimum absolute atomic E-state index is 0.132. The molecule has 3 nitrogen and oxygen atoms in total. The molecule has 0 fully saturated rings. The number of nitrogens with one attached hydrogen (secondary N) is 1. The monoisotopic (exact) mass is 241 g/mol. The van der Waals surface area contributed by atoms with Crippen LogP contribution in [0, 0.1) is 13.8 Å². The van der Waals surface area contributed by atoms with Crippen LogP contribution in [0.15, 0.2) is 42.7 Å². The topological polar surface area (TPSA) is 50.9 Å². The van der Waals surface area contributed by atoms with Crippen LogP contribution in [0.2, 0.25) is 0 Å². The number of hydrazine groups is 1. The smallest absolute Gasteiger partial charge is 0.0502 e. The molecule has 0 saturated heterocycles. The van der Waals surface area contributed by atoms with Crippen molar-refractivity contribution in [1.82, 2.24) is 10.4 Å². The summed E-state index contributed by atoms with van der Waals surface area (Å²) in [5, 5.41) is 0. The normalized spacial score (nSPS) is 12.4. The van der Waals surface area contributed by atoms with Crippen LogP contribution in [0.25, 0.3) is 0 Å². The van der Waals surface area contributed by atoms with Gasteiger partial charge in [-0.3, -0.25) is 16.3 Å². The van der Waals surface area contributed by atoms with Gasteiger partial charge < -0.3 is 0 Å². The molecule has 3 heteroatoms. The molecule has 0 spiro atoms. The van der Waals surface area contributed by atoms with Crippen LogP contribution >= 0.6 is 0 Å². The maximum absolute atomic E-state index is 5.69. The van der Waals surface area contributed by atoms with E-state index in [0.717, 1.165) is 6.42 Å². The third-order valence-corrected chi connectivity index (χ3v) is 3.19. The molecule has 1 aromatic carbocycles. The summed E-state index contributed by atoms with van der Waals surface area (Å²) in [5.41, 5.74) is 7.93. The molecule has 1 atom stereocenters. The van der Waals surface area contributed by atoms with Crippen molar-refractivity contribution in [1.29, 1.82) is 0 Å². The van der Waals surface area contributed by atoms with Gasteiger partial charge in [0.2, 0.25) is 0 Å². The zero-order valence-corrected chi connectivity index (χ0v) is 10.9. The standard InChI is InChI=1S/C15H19N3/c1-11-3-4-14(12(2)9-11)15(18-16)10-13-5-7-17-8-6-13/h3-9,15,18H,10,16H2,1-2H3. The van der Waals surface area contributed by atoms with Gasteiger partial charge in [0.05, 0.1) is 6.04 Å². The first-order valence-electron chi connectivity index (χ1n) is 6.13. The molecule has 0 radical (unpaired) electrons. The van der Waals surface area contributed by atoms with Crippen molar-refractivity contribution in [3.63, 3.8) is 0 Å². The molecule has 2 rings (SSSR count). The molecule has 1 heterocycles. The Balaban J connectivity index is 2.23. The zero-order chi connectivity index (χ0) is 13.0. The molecule has 18 heavy (non-hydrogen) atoms. The number of hydrogen-bond donors (Lipinski definition) is 2. The van der Waals surface area contributed by atoms with E-state index in [-0.39, 0.29) is 6.04 Å². The zero-order valence-electron chi connectivity index (χ0n) is 10.9. The molecule has 0 saturated carbocycles. The molecular weight excluding hydrogens is 222 g/mol. The summed E-state index contributed by atoms with van der Waals surface area (Å²) in [6.07, 6.45) is 4.48. The Kier molecular flexibility index (Phi) is 4.07. The Morgan fingerprint density at radius 2 is 1.89 bits per heavy atom. The summed E-state index contributed by atoms with van der Waals surface area (Å²) in [7, 11) is 0. The SMILES string of the molecule is Cc1ccc(C(Cc2ccncc2)NN)c(C)c1. The van der Waals surface area contributed by atoms with E-state index in [1.54, 1.807) is 0 Å². The Bertz CT molecular complexity index is 508. The number of nitrogens with zero attached hydrogens (tertiary/aromatic N) is 1. The van der Waals surface area contributed by atoms with Gasteiger partial charge in [0.1, 0.15) is 0 Å². The summed E-state index contributed by atoms with van der Waals surface area (Å²) >= 11 is 0. The number of aromatic nitrogens is 1. The second-order valence-electron chi connectivity index (χ2n) is 4.64. The molecule has 0 aliphatic carbocycles. The molecule has 0 aliphatic rings. The van der Waals surface area contributed by atoms with Crippen LogP contribution in [0.3, 0.4) is 0 Å². The molecule has 0 aliphatic heterocycles. The van der Waals surface area contributed by atoms with Gasteiger partial charge in [0.25, 0.3) is 0 Å². The first-order chi connectivity index (χ1) is 8.70. The van der Waals surface area contributed by atoms with Gasteiger partial charge >= 0.3 is 0 Å². The summed E-state index contributed by atoms with van der Waals surface area (Å²) in [5.74, 6) is 5.69. The van der Waals surface area contributed by atoms with Crippen LogP contribution in [-0.2, 0) is 6.42 Å². The van der Waals surface area contributed by atoms with Crippen molar-refractivity contribution in [2.75, 3.05) is 0 Å². The van der Waals surface area contributed by atoms with Gasteiger partial charge in [0.15, 0.2) is 0 Å². The number of rotatable bonds is 4. The van der Waals surface area contributed by atoms with Crippen molar-refractivity contribution in [2.24, 2.45) is 5.84 Å². The molecule has 94 valence electrons. The molecular formula is C15H19N3. The molecule has 2 aromatic rings. The van der Waals surface area contributed by atoms with E-state index in [4.69, 9.17) is 5.84 Å². The molecule has 1 unspecified atom stereocenters. The predicted molar refractivity (Wildman–Crippen MR) is 73.9 cm³/mol. The van der Waals surface area contributed by atoms with E-state index in [9.17, 15) is 0 Å². The predicted octanol–water partition coefficient (Wildman–Crippen LogP) is 2.45. The highest BCUT2D eigenvalue weighted by Crippen LogP contribution is 2.21. The van der Waals surface area contributed by atoms with Crippen LogP contribution in [-0.4, -0.2) is 4.98 Å². The number of benzene rings is 1. The number of aryl methyl sites for hydroxylation is 2. The van der Waals surface area contributed by atoms with E-state index in [1.165, 1.54) is 22.3 Å². The van der Waals surface area contributed by atoms with Crippen molar-refractivity contribution in [2.45, 2.75) is 26.3 Å². The Hall–Kier alpha value is -1.71. The number of hydrogen-bond acceptors (Lipinski definition) is 3. The largest absolute Gasteiger partial charge is 0.271 e. The highest BCUT2D eigenvalue weighted by molar-refractivity contribution is 5.33. The first-order valence-corrected chi connectivity index (χ1v) is 6.13. The minimum atomic E-state index is 0.132. The van der Waals surface area contributed by atoms with Crippen LogP contribution < -0.4 is 11.3 Å². The van der Waals surface area contributed by atoms with E-state index in [2.05, 4.69) is 42.5 Å². The summed E-state index contributed by atoms with van der Waals surface area (Å²) in [6, 6.07) is 10.6. The Morgan fingerprint density at radius 3 is 2.50 bits per heavy atom. The maximum atomic E-state index is 5.69. The van der Waals surface area contributed by atoms with Crippen molar-refractivity contribution >= 4 is 0 Å². The molecule has 0 amide bonds. The molecule has 1 aromatic heterocycles. The Labute approximate surface area is 108 Å². The fraction of sp³-hybridized carbons (Fsp3) is 0.267. The van der Waals surface area contributed by atoms with E-state index in [1.807, 2.05) is 24.5 Å². The third kappa shape index (κ3) is 2.94. The summed E-state index contributed by atoms with van der Waals surface area (Å²) < 4.78 is 0. The van der Waals surface area contributed by atoms with Gasteiger partial charge in [-0.25, -0.2) is 0 Å². The lowest BCUT2D eigenvalue weighted by Crippen LogP contribution is -2.30. The van der Waals surface area contributed by atoms with Gasteiger partial charge in [-0.15, -0.1) is 0 Å². The fourth-order valence-corrected chi connectivity index (χ4v) is 2.23. The lowest BCUT2D eigenvalue weighted by molar-refractivity contribution is 0.549. The highest BCUT2D eigenvalue weighted by Gasteiger charge is 2.12. The van der Waals surface area contributed by atoms with Crippen LogP contribution in [0.1, 0.15) is 28.3 Å². The van der Waals surface area contributed by atoms with E-state index in [0.29, 0.717) is 0 Å². The average Bonchev–Trinajstić information content (AvgIpc) is 2.38. The molecule has 0 bridgehead atoms. The Morgan fingerprint density at radius 1 is 1.17 bits per heavy atom. The second-order valence-corrected chi connectivity index (χ2v) is 4.64. The van der Waals surface area contributed by atoms with Crippen LogP contribution in [0.5, 0.6) is 0 Å². The minimum Gasteiger partial charge on any atom is -0.271 e. The average molecular weight is 241 g/mol. The lowest BCUT2D eigenvalue weighted by Gasteiger charge is -2.19. The molecule has 3 N–H and O–H groups in total. The highest BCUT2D eigenvalue weighted by atomic mass is 15.2. The number of pyridine rings is 1. The quantitative estimate of drug-likeness (QED) is 0.638. The van der Waals surface area contributed by atoms with Crippen LogP contribution in [0.4, 0.5) is 0 Å². The van der Waals surface area contributed by atoms with Crippen molar-refractivity contribution in [3.05, 3.63) is 65.0 Å². The van der Waals surface area contributed by atoms with Crippen molar-refractivity contribution in [3.8, 4) is 0 Å². The third-order valence-electron chi connectivity index (χ3n) is 3.19. The van der Waals surface area contributed by atoms with Gasteiger partial charge in [-0.05, 0) is 49.1 Å².